The Labute approximate surface area is 206 Å². The summed E-state index contributed by atoms with van der Waals surface area (Å²) in [5.74, 6) is -4.76. The summed E-state index contributed by atoms with van der Waals surface area (Å²) < 4.78 is 4.88. The molecule has 2 amide bonds. The van der Waals surface area contributed by atoms with E-state index in [0.717, 1.165) is 16.2 Å². The molecule has 1 aromatic heterocycles. The smallest absolute Gasteiger partial charge is 0.352 e. The first-order chi connectivity index (χ1) is 16.3. The predicted molar refractivity (Wildman–Crippen MR) is 122 cm³/mol. The first-order valence-electron chi connectivity index (χ1n) is 9.88. The number of β-lactam (4-membered cyclic amide) rings is 1. The van der Waals surface area contributed by atoms with Gasteiger partial charge in [-0.05, 0) is 13.8 Å². The van der Waals surface area contributed by atoms with Crippen molar-refractivity contribution < 1.29 is 43.8 Å². The second-order valence-corrected chi connectivity index (χ2v) is 9.81. The molecule has 2 atom stereocenters. The zero-order valence-corrected chi connectivity index (χ0v) is 20.3. The van der Waals surface area contributed by atoms with Crippen molar-refractivity contribution in [1.82, 2.24) is 15.2 Å². The number of carbonyl (C=O) groups is 5. The number of esters is 1. The van der Waals surface area contributed by atoms with Crippen LogP contribution in [0.5, 0.6) is 0 Å². The van der Waals surface area contributed by atoms with Gasteiger partial charge >= 0.3 is 17.9 Å². The van der Waals surface area contributed by atoms with E-state index in [9.17, 15) is 34.2 Å². The Balaban J connectivity index is 1.82. The van der Waals surface area contributed by atoms with Gasteiger partial charge in [0.2, 0.25) is 5.60 Å². The molecule has 14 nitrogen and oxygen atoms in total. The third-order valence-corrected chi connectivity index (χ3v) is 6.86. The number of nitrogens with two attached hydrogens (primary N) is 1. The number of hydrogen-bond acceptors (Lipinski definition) is 12. The van der Waals surface area contributed by atoms with Gasteiger partial charge in [-0.2, -0.15) is 0 Å². The fourth-order valence-corrected chi connectivity index (χ4v) is 4.87. The topological polar surface area (TPSA) is 211 Å². The monoisotopic (exact) mass is 527 g/mol. The number of carboxylic acid groups (broad SMARTS) is 2. The van der Waals surface area contributed by atoms with Crippen LogP contribution < -0.4 is 11.1 Å². The van der Waals surface area contributed by atoms with Crippen LogP contribution in [0.4, 0.5) is 5.13 Å². The molecule has 2 aliphatic rings. The minimum absolute atomic E-state index is 0.000836. The summed E-state index contributed by atoms with van der Waals surface area (Å²) in [5.41, 5.74) is 3.38. The van der Waals surface area contributed by atoms with Crippen LogP contribution in [0.3, 0.4) is 0 Å². The van der Waals surface area contributed by atoms with Crippen LogP contribution in [-0.2, 0) is 33.5 Å². The number of anilines is 1. The van der Waals surface area contributed by atoms with Crippen LogP contribution in [0, 0.1) is 0 Å². The number of fused-ring (bicyclic) bond motifs is 1. The number of hydrogen-bond donors (Lipinski definition) is 4. The highest BCUT2D eigenvalue weighted by atomic mass is 32.2. The largest absolute Gasteiger partial charge is 0.478 e. The van der Waals surface area contributed by atoms with Gasteiger partial charge in [0.15, 0.2) is 10.8 Å². The van der Waals surface area contributed by atoms with Crippen LogP contribution >= 0.6 is 23.1 Å². The van der Waals surface area contributed by atoms with Gasteiger partial charge in [-0.25, -0.2) is 14.6 Å². The van der Waals surface area contributed by atoms with Crippen molar-refractivity contribution in [3.63, 3.8) is 0 Å². The number of nitrogen functional groups attached to an aromatic ring is 1. The van der Waals surface area contributed by atoms with E-state index in [1.807, 2.05) is 0 Å². The number of nitrogens with one attached hydrogen (secondary N) is 1. The lowest BCUT2D eigenvalue weighted by molar-refractivity contribution is -0.161. The highest BCUT2D eigenvalue weighted by Gasteiger charge is 2.54. The van der Waals surface area contributed by atoms with Gasteiger partial charge in [0.1, 0.15) is 29.4 Å². The van der Waals surface area contributed by atoms with Gasteiger partial charge in [0, 0.05) is 23.6 Å². The van der Waals surface area contributed by atoms with Crippen molar-refractivity contribution in [2.75, 3.05) is 18.1 Å². The fraction of sp³-hybridized carbons (Fsp3) is 0.421. The van der Waals surface area contributed by atoms with E-state index in [4.69, 9.17) is 15.3 Å². The van der Waals surface area contributed by atoms with Gasteiger partial charge in [-0.1, -0.05) is 5.16 Å². The summed E-state index contributed by atoms with van der Waals surface area (Å²) in [4.78, 5) is 70.1. The number of rotatable bonds is 9. The lowest BCUT2D eigenvalue weighted by Crippen LogP contribution is -2.71. The van der Waals surface area contributed by atoms with Crippen molar-refractivity contribution in [2.45, 2.75) is 37.8 Å². The molecule has 0 saturated carbocycles. The van der Waals surface area contributed by atoms with Gasteiger partial charge in [-0.3, -0.25) is 19.3 Å². The Morgan fingerprint density at radius 3 is 2.57 bits per heavy atom. The molecule has 3 rings (SSSR count). The number of oxime groups is 1. The summed E-state index contributed by atoms with van der Waals surface area (Å²) in [5, 5.41) is 25.8. The Hall–Kier alpha value is -3.66. The molecule has 1 fully saturated rings. The second kappa shape index (κ2) is 9.91. The van der Waals surface area contributed by atoms with Gasteiger partial charge in [0.05, 0.1) is 0 Å². The van der Waals surface area contributed by atoms with Crippen molar-refractivity contribution in [3.05, 3.63) is 22.3 Å². The SMILES string of the molecule is CC(=O)OCC1=C(C(=O)O)N2C(=O)[C@H](NC(=O)/C(=N\OC(C)(C)C(=O)O)c3csc(N)n3)[C@@H]2SC1. The van der Waals surface area contributed by atoms with Crippen molar-refractivity contribution in [3.8, 4) is 0 Å². The second-order valence-electron chi connectivity index (χ2n) is 7.82. The number of carboxylic acids is 2. The van der Waals surface area contributed by atoms with Gasteiger partial charge in [-0.15, -0.1) is 23.1 Å². The molecule has 188 valence electrons. The summed E-state index contributed by atoms with van der Waals surface area (Å²) in [7, 11) is 0. The molecule has 16 heteroatoms. The van der Waals surface area contributed by atoms with Gasteiger partial charge in [0.25, 0.3) is 11.8 Å². The van der Waals surface area contributed by atoms with Crippen molar-refractivity contribution in [2.24, 2.45) is 5.16 Å². The molecule has 0 radical (unpaired) electrons. The lowest BCUT2D eigenvalue weighted by atomic mass is 10.0. The third-order valence-electron chi connectivity index (χ3n) is 4.85. The molecular weight excluding hydrogens is 506 g/mol. The Bertz CT molecular complexity index is 1160. The number of amides is 2. The number of aromatic nitrogens is 1. The fourth-order valence-electron chi connectivity index (χ4n) is 2.99. The van der Waals surface area contributed by atoms with Crippen LogP contribution in [0.15, 0.2) is 21.8 Å². The number of thioether (sulfide) groups is 1. The molecule has 5 N–H and O–H groups in total. The molecule has 0 bridgehead atoms. The normalized spacial score (nSPS) is 20.0. The molecule has 0 aliphatic carbocycles. The molecule has 2 aliphatic heterocycles. The minimum atomic E-state index is -1.77. The molecule has 0 spiro atoms. The maximum absolute atomic E-state index is 13.0. The van der Waals surface area contributed by atoms with Crippen molar-refractivity contribution >= 4 is 63.7 Å². The van der Waals surface area contributed by atoms with Crippen molar-refractivity contribution in [1.29, 1.82) is 0 Å². The highest BCUT2D eigenvalue weighted by Crippen LogP contribution is 2.40. The Morgan fingerprint density at radius 1 is 1.34 bits per heavy atom. The highest BCUT2D eigenvalue weighted by molar-refractivity contribution is 8.00. The summed E-state index contributed by atoms with van der Waals surface area (Å²) in [6, 6.07) is -1.11. The quantitative estimate of drug-likeness (QED) is 0.140. The first kappa shape index (κ1) is 26.0. The van der Waals surface area contributed by atoms with Crippen LogP contribution in [0.2, 0.25) is 0 Å². The van der Waals surface area contributed by atoms with E-state index in [2.05, 4.69) is 15.5 Å². The number of aliphatic carboxylic acids is 2. The molecule has 0 unspecified atom stereocenters. The van der Waals surface area contributed by atoms with E-state index >= 15 is 0 Å². The average molecular weight is 528 g/mol. The molecular formula is C19H21N5O9S2. The number of carbonyl (C=O) groups excluding carboxylic acids is 3. The third kappa shape index (κ3) is 5.37. The Morgan fingerprint density at radius 2 is 2.03 bits per heavy atom. The standard InChI is InChI=1S/C19H21N5O9S2/c1-7(25)32-4-8-5-34-15-11(14(27)24(15)12(8)16(28)29)22-13(26)10(9-6-35-18(20)21-9)23-33-19(2,3)17(30)31/h6,11,15H,4-5H2,1-3H3,(H2,20,21)(H,22,26)(H,28,29)(H,30,31)/b23-10-/t11-,15-/m0/s1. The maximum Gasteiger partial charge on any atom is 0.352 e. The average Bonchev–Trinajstić information content (AvgIpc) is 3.20. The molecule has 35 heavy (non-hydrogen) atoms. The molecule has 3 heterocycles. The number of thiazole rings is 1. The minimum Gasteiger partial charge on any atom is -0.478 e. The summed E-state index contributed by atoms with van der Waals surface area (Å²) >= 11 is 2.18. The lowest BCUT2D eigenvalue weighted by Gasteiger charge is -2.49. The molecule has 1 saturated heterocycles. The molecule has 0 aromatic carbocycles. The van der Waals surface area contributed by atoms with E-state index in [-0.39, 0.29) is 34.5 Å². The van der Waals surface area contributed by atoms with E-state index in [1.54, 1.807) is 0 Å². The van der Waals surface area contributed by atoms with Crippen LogP contribution in [0.1, 0.15) is 26.5 Å². The molecule has 1 aromatic rings. The first-order valence-corrected chi connectivity index (χ1v) is 11.8. The number of ether oxygens (including phenoxy) is 1. The van der Waals surface area contributed by atoms with E-state index in [0.29, 0.717) is 0 Å². The summed E-state index contributed by atoms with van der Waals surface area (Å²) in [6.07, 6.45) is 0. The zero-order valence-electron chi connectivity index (χ0n) is 18.6. The van der Waals surface area contributed by atoms with Crippen LogP contribution in [0.25, 0.3) is 0 Å². The van der Waals surface area contributed by atoms with Gasteiger partial charge < -0.3 is 30.8 Å². The Kier molecular flexibility index (Phi) is 7.35. The van der Waals surface area contributed by atoms with E-state index < -0.39 is 52.5 Å². The number of nitrogens with zero attached hydrogens (tertiary/aromatic N) is 3. The van der Waals surface area contributed by atoms with E-state index in [1.165, 1.54) is 37.9 Å². The zero-order chi connectivity index (χ0) is 26.1. The maximum atomic E-state index is 13.0. The van der Waals surface area contributed by atoms with Crippen LogP contribution in [-0.4, -0.2) is 84.9 Å². The predicted octanol–water partition coefficient (Wildman–Crippen LogP) is -0.389. The summed E-state index contributed by atoms with van der Waals surface area (Å²) in [6.45, 7) is 3.35.